The van der Waals surface area contributed by atoms with Gasteiger partial charge in [0, 0.05) is 30.1 Å². The van der Waals surface area contributed by atoms with Crippen LogP contribution in [0.3, 0.4) is 0 Å². The normalized spacial score (nSPS) is 10.6. The standard InChI is InChI=1S/C15H12ClN3O2/c1-20-12-7-10-11(8-13(12)21-2)19-15(16)14(18-10)9-3-5-17-6-4-9/h3-8H,1-2H3. The van der Waals surface area contributed by atoms with Gasteiger partial charge in [-0.1, -0.05) is 11.6 Å². The molecule has 3 aromatic rings. The highest BCUT2D eigenvalue weighted by molar-refractivity contribution is 6.32. The Labute approximate surface area is 126 Å². The molecule has 0 aliphatic heterocycles. The molecule has 21 heavy (non-hydrogen) atoms. The summed E-state index contributed by atoms with van der Waals surface area (Å²) < 4.78 is 10.5. The van der Waals surface area contributed by atoms with Gasteiger partial charge in [0.05, 0.1) is 25.3 Å². The number of aromatic nitrogens is 3. The van der Waals surface area contributed by atoms with Gasteiger partial charge in [-0.05, 0) is 12.1 Å². The van der Waals surface area contributed by atoms with Crippen molar-refractivity contribution >= 4 is 22.6 Å². The third kappa shape index (κ3) is 2.48. The van der Waals surface area contributed by atoms with Crippen LogP contribution in [0.15, 0.2) is 36.7 Å². The van der Waals surface area contributed by atoms with Crippen molar-refractivity contribution in [3.05, 3.63) is 41.8 Å². The Kier molecular flexibility index (Phi) is 3.58. The number of ether oxygens (including phenoxy) is 2. The monoisotopic (exact) mass is 301 g/mol. The maximum absolute atomic E-state index is 6.24. The largest absolute Gasteiger partial charge is 0.493 e. The first-order chi connectivity index (χ1) is 10.2. The fraction of sp³-hybridized carbons (Fsp3) is 0.133. The van der Waals surface area contributed by atoms with E-state index in [2.05, 4.69) is 15.0 Å². The average molecular weight is 302 g/mol. The molecule has 6 heteroatoms. The highest BCUT2D eigenvalue weighted by Crippen LogP contribution is 2.33. The molecule has 0 N–H and O–H groups in total. The van der Waals surface area contributed by atoms with E-state index >= 15 is 0 Å². The molecule has 0 aliphatic rings. The van der Waals surface area contributed by atoms with Crippen molar-refractivity contribution in [2.24, 2.45) is 0 Å². The summed E-state index contributed by atoms with van der Waals surface area (Å²) in [6.07, 6.45) is 3.37. The van der Waals surface area contributed by atoms with Crippen LogP contribution in [0.5, 0.6) is 11.5 Å². The van der Waals surface area contributed by atoms with Gasteiger partial charge in [-0.15, -0.1) is 0 Å². The first-order valence-electron chi connectivity index (χ1n) is 6.22. The molecule has 0 unspecified atom stereocenters. The number of hydrogen-bond acceptors (Lipinski definition) is 5. The smallest absolute Gasteiger partial charge is 0.163 e. The number of pyridine rings is 1. The fourth-order valence-corrected chi connectivity index (χ4v) is 2.30. The van der Waals surface area contributed by atoms with E-state index in [4.69, 9.17) is 21.1 Å². The summed E-state index contributed by atoms with van der Waals surface area (Å²) in [7, 11) is 3.15. The Morgan fingerprint density at radius 3 is 2.05 bits per heavy atom. The third-order valence-corrected chi connectivity index (χ3v) is 3.34. The highest BCUT2D eigenvalue weighted by Gasteiger charge is 2.13. The minimum absolute atomic E-state index is 0.334. The maximum Gasteiger partial charge on any atom is 0.163 e. The number of rotatable bonds is 3. The minimum atomic E-state index is 0.334. The van der Waals surface area contributed by atoms with E-state index < -0.39 is 0 Å². The molecule has 1 aromatic carbocycles. The first kappa shape index (κ1) is 13.6. The molecule has 0 bridgehead atoms. The van der Waals surface area contributed by atoms with E-state index in [1.807, 2.05) is 12.1 Å². The predicted molar refractivity (Wildman–Crippen MR) is 80.9 cm³/mol. The van der Waals surface area contributed by atoms with Crippen molar-refractivity contribution in [1.29, 1.82) is 0 Å². The fourth-order valence-electron chi connectivity index (χ4n) is 2.06. The van der Waals surface area contributed by atoms with Gasteiger partial charge in [-0.3, -0.25) is 4.98 Å². The predicted octanol–water partition coefficient (Wildman–Crippen LogP) is 3.36. The molecule has 0 atom stereocenters. The van der Waals surface area contributed by atoms with Gasteiger partial charge in [0.2, 0.25) is 0 Å². The lowest BCUT2D eigenvalue weighted by Crippen LogP contribution is -1.95. The Bertz CT molecular complexity index is 794. The Balaban J connectivity index is 2.23. The van der Waals surface area contributed by atoms with Gasteiger partial charge in [0.15, 0.2) is 16.7 Å². The Morgan fingerprint density at radius 1 is 0.905 bits per heavy atom. The lowest BCUT2D eigenvalue weighted by molar-refractivity contribution is 0.355. The third-order valence-electron chi connectivity index (χ3n) is 3.08. The summed E-state index contributed by atoms with van der Waals surface area (Å²) in [5, 5.41) is 0.334. The van der Waals surface area contributed by atoms with Crippen LogP contribution in [-0.2, 0) is 0 Å². The molecule has 0 saturated heterocycles. The molecule has 0 radical (unpaired) electrons. The molecule has 3 rings (SSSR count). The number of benzene rings is 1. The van der Waals surface area contributed by atoms with Crippen molar-refractivity contribution in [3.8, 4) is 22.8 Å². The van der Waals surface area contributed by atoms with Crippen LogP contribution in [0.2, 0.25) is 5.15 Å². The van der Waals surface area contributed by atoms with Gasteiger partial charge in [-0.25, -0.2) is 9.97 Å². The molecule has 0 fully saturated rings. The Morgan fingerprint density at radius 2 is 1.48 bits per heavy atom. The summed E-state index contributed by atoms with van der Waals surface area (Å²) in [6.45, 7) is 0. The number of hydrogen-bond donors (Lipinski definition) is 0. The van der Waals surface area contributed by atoms with E-state index in [0.717, 1.165) is 5.56 Å². The maximum atomic E-state index is 6.24. The van der Waals surface area contributed by atoms with Crippen molar-refractivity contribution in [1.82, 2.24) is 15.0 Å². The number of fused-ring (bicyclic) bond motifs is 1. The summed E-state index contributed by atoms with van der Waals surface area (Å²) in [5.41, 5.74) is 2.80. The van der Waals surface area contributed by atoms with Crippen LogP contribution in [0.1, 0.15) is 0 Å². The molecule has 2 aromatic heterocycles. The van der Waals surface area contributed by atoms with E-state index in [1.54, 1.807) is 38.7 Å². The van der Waals surface area contributed by atoms with E-state index in [1.165, 1.54) is 0 Å². The van der Waals surface area contributed by atoms with E-state index in [9.17, 15) is 0 Å². The molecular weight excluding hydrogens is 290 g/mol. The van der Waals surface area contributed by atoms with Crippen LogP contribution in [0, 0.1) is 0 Å². The lowest BCUT2D eigenvalue weighted by Gasteiger charge is -2.10. The van der Waals surface area contributed by atoms with Gasteiger partial charge >= 0.3 is 0 Å². The molecular formula is C15H12ClN3O2. The number of nitrogens with zero attached hydrogens (tertiary/aromatic N) is 3. The lowest BCUT2D eigenvalue weighted by atomic mass is 10.2. The summed E-state index contributed by atoms with van der Waals surface area (Å²) in [6, 6.07) is 7.20. The molecule has 0 amide bonds. The van der Waals surface area contributed by atoms with Gasteiger partial charge < -0.3 is 9.47 Å². The van der Waals surface area contributed by atoms with Crippen molar-refractivity contribution < 1.29 is 9.47 Å². The topological polar surface area (TPSA) is 57.1 Å². The van der Waals surface area contributed by atoms with Gasteiger partial charge in [0.25, 0.3) is 0 Å². The molecule has 2 heterocycles. The minimum Gasteiger partial charge on any atom is -0.493 e. The van der Waals surface area contributed by atoms with Gasteiger partial charge in [0.1, 0.15) is 5.69 Å². The number of halogens is 1. The van der Waals surface area contributed by atoms with Crippen LogP contribution in [0.25, 0.3) is 22.3 Å². The zero-order chi connectivity index (χ0) is 14.8. The van der Waals surface area contributed by atoms with Crippen LogP contribution in [-0.4, -0.2) is 29.2 Å². The first-order valence-corrected chi connectivity index (χ1v) is 6.60. The second kappa shape index (κ2) is 5.54. The second-order valence-electron chi connectivity index (χ2n) is 4.29. The zero-order valence-electron chi connectivity index (χ0n) is 11.5. The molecule has 0 spiro atoms. The van der Waals surface area contributed by atoms with Crippen LogP contribution < -0.4 is 9.47 Å². The SMILES string of the molecule is COc1cc2nc(Cl)c(-c3ccncc3)nc2cc1OC. The second-order valence-corrected chi connectivity index (χ2v) is 4.65. The summed E-state index contributed by atoms with van der Waals surface area (Å²) >= 11 is 6.24. The quantitative estimate of drug-likeness (QED) is 0.742. The highest BCUT2D eigenvalue weighted by atomic mass is 35.5. The molecule has 106 valence electrons. The van der Waals surface area contributed by atoms with Crippen LogP contribution >= 0.6 is 11.6 Å². The van der Waals surface area contributed by atoms with Crippen LogP contribution in [0.4, 0.5) is 0 Å². The molecule has 0 saturated carbocycles. The number of methoxy groups -OCH3 is 2. The average Bonchev–Trinajstić information content (AvgIpc) is 2.53. The van der Waals surface area contributed by atoms with E-state index in [-0.39, 0.29) is 0 Å². The molecule has 5 nitrogen and oxygen atoms in total. The zero-order valence-corrected chi connectivity index (χ0v) is 12.3. The van der Waals surface area contributed by atoms with Gasteiger partial charge in [-0.2, -0.15) is 0 Å². The van der Waals surface area contributed by atoms with Crippen molar-refractivity contribution in [2.45, 2.75) is 0 Å². The summed E-state index contributed by atoms with van der Waals surface area (Å²) in [5.74, 6) is 1.19. The Hall–Kier alpha value is -2.40. The van der Waals surface area contributed by atoms with E-state index in [0.29, 0.717) is 33.4 Å². The van der Waals surface area contributed by atoms with Crippen molar-refractivity contribution in [2.75, 3.05) is 14.2 Å². The molecule has 0 aliphatic carbocycles. The van der Waals surface area contributed by atoms with Crippen molar-refractivity contribution in [3.63, 3.8) is 0 Å². The summed E-state index contributed by atoms with van der Waals surface area (Å²) in [4.78, 5) is 12.9.